The Morgan fingerprint density at radius 1 is 0.938 bits per heavy atom. The van der Waals surface area contributed by atoms with Crippen molar-refractivity contribution in [3.63, 3.8) is 0 Å². The van der Waals surface area contributed by atoms with Gasteiger partial charge in [-0.25, -0.2) is 0 Å². The van der Waals surface area contributed by atoms with Crippen molar-refractivity contribution in [3.05, 3.63) is 59.7 Å². The maximum atomic E-state index is 13.3. The van der Waals surface area contributed by atoms with Crippen LogP contribution >= 0.6 is 0 Å². The van der Waals surface area contributed by atoms with Gasteiger partial charge in [0, 0.05) is 19.5 Å². The van der Waals surface area contributed by atoms with E-state index < -0.39 is 5.97 Å². The molecule has 0 aromatic heterocycles. The number of nitrogens with zero attached hydrogens (tertiary/aromatic N) is 2. The van der Waals surface area contributed by atoms with Gasteiger partial charge < -0.3 is 9.64 Å². The predicted molar refractivity (Wildman–Crippen MR) is 123 cm³/mol. The summed E-state index contributed by atoms with van der Waals surface area (Å²) in [6.45, 7) is 2.71. The van der Waals surface area contributed by atoms with Gasteiger partial charge in [-0.3, -0.25) is 19.3 Å². The second-order valence-corrected chi connectivity index (χ2v) is 8.52. The molecule has 0 spiro atoms. The number of rotatable bonds is 5. The zero-order valence-electron chi connectivity index (χ0n) is 18.6. The van der Waals surface area contributed by atoms with Crippen molar-refractivity contribution in [2.45, 2.75) is 45.4 Å². The molecule has 1 fully saturated rings. The Bertz CT molecular complexity index is 955. The Morgan fingerprint density at radius 3 is 2.19 bits per heavy atom. The molecule has 1 unspecified atom stereocenters. The van der Waals surface area contributed by atoms with Gasteiger partial charge in [0.15, 0.2) is 6.61 Å². The fourth-order valence-electron chi connectivity index (χ4n) is 4.63. The van der Waals surface area contributed by atoms with Crippen molar-refractivity contribution in [2.75, 3.05) is 24.6 Å². The summed E-state index contributed by atoms with van der Waals surface area (Å²) in [4.78, 5) is 41.7. The lowest BCUT2D eigenvalue weighted by atomic mass is 9.98. The number of aryl methyl sites for hydroxylation is 2. The number of fused-ring (bicyclic) bond motifs is 2. The normalized spacial score (nSPS) is 17.7. The van der Waals surface area contributed by atoms with Gasteiger partial charge in [0.25, 0.3) is 5.91 Å². The molecule has 1 saturated heterocycles. The summed E-state index contributed by atoms with van der Waals surface area (Å²) in [5, 5.41) is 0. The maximum Gasteiger partial charge on any atom is 0.311 e. The summed E-state index contributed by atoms with van der Waals surface area (Å²) in [6.07, 6.45) is 4.43. The van der Waals surface area contributed by atoms with Gasteiger partial charge >= 0.3 is 5.97 Å². The highest BCUT2D eigenvalue weighted by atomic mass is 16.5. The molecular formula is C26H30N2O4. The molecule has 0 saturated carbocycles. The van der Waals surface area contributed by atoms with Gasteiger partial charge in [0.1, 0.15) is 0 Å². The zero-order chi connectivity index (χ0) is 22.5. The van der Waals surface area contributed by atoms with E-state index in [-0.39, 0.29) is 24.3 Å². The Kier molecular flexibility index (Phi) is 6.88. The van der Waals surface area contributed by atoms with Crippen molar-refractivity contribution in [1.82, 2.24) is 4.90 Å². The van der Waals surface area contributed by atoms with E-state index in [2.05, 4.69) is 0 Å². The van der Waals surface area contributed by atoms with Gasteiger partial charge in [-0.05, 0) is 55.4 Å². The highest BCUT2D eigenvalue weighted by Gasteiger charge is 2.31. The van der Waals surface area contributed by atoms with Gasteiger partial charge in [0.05, 0.1) is 17.3 Å². The van der Waals surface area contributed by atoms with E-state index in [1.54, 1.807) is 9.80 Å². The molecule has 2 aromatic carbocycles. The van der Waals surface area contributed by atoms with Gasteiger partial charge in [0.2, 0.25) is 5.91 Å². The monoisotopic (exact) mass is 434 g/mol. The first-order chi connectivity index (χ1) is 15.6. The molecule has 168 valence electrons. The number of carbonyl (C=O) groups excluding carboxylic acids is 3. The molecule has 2 aliphatic rings. The van der Waals surface area contributed by atoms with E-state index in [4.69, 9.17) is 4.74 Å². The number of para-hydroxylation sites is 2. The van der Waals surface area contributed by atoms with E-state index >= 15 is 0 Å². The molecule has 0 radical (unpaired) electrons. The number of hydrogen-bond acceptors (Lipinski definition) is 4. The summed E-state index contributed by atoms with van der Waals surface area (Å²) in [5.41, 5.74) is 3.88. The largest absolute Gasteiger partial charge is 0.455 e. The third-order valence-corrected chi connectivity index (χ3v) is 6.29. The van der Waals surface area contributed by atoms with Crippen molar-refractivity contribution in [1.29, 1.82) is 0 Å². The van der Waals surface area contributed by atoms with Crippen LogP contribution in [0.3, 0.4) is 0 Å². The zero-order valence-corrected chi connectivity index (χ0v) is 18.6. The van der Waals surface area contributed by atoms with Crippen molar-refractivity contribution >= 4 is 29.2 Å². The van der Waals surface area contributed by atoms with E-state index in [0.29, 0.717) is 25.9 Å². The number of ether oxygens (including phenoxy) is 1. The second kappa shape index (κ2) is 9.98. The number of anilines is 2. The summed E-state index contributed by atoms with van der Waals surface area (Å²) in [6, 6.07) is 15.8. The number of amides is 2. The summed E-state index contributed by atoms with van der Waals surface area (Å²) in [5.74, 6) is -0.960. The smallest absolute Gasteiger partial charge is 0.311 e. The molecule has 2 heterocycles. The average Bonchev–Trinajstić information content (AvgIpc) is 2.99. The minimum absolute atomic E-state index is 0.0823. The van der Waals surface area contributed by atoms with E-state index in [1.807, 2.05) is 55.5 Å². The first-order valence-electron chi connectivity index (χ1n) is 11.5. The molecule has 2 amide bonds. The van der Waals surface area contributed by atoms with Crippen molar-refractivity contribution in [2.24, 2.45) is 5.92 Å². The lowest BCUT2D eigenvalue weighted by Gasteiger charge is -2.31. The standard InChI is InChI=1S/C26H30N2O4/c1-2-8-24(29)27-16-7-11-21(17-27)26(31)32-18-25(30)28-22-12-5-3-9-19(22)14-15-20-10-4-6-13-23(20)28/h3-6,9-10,12-13,21H,2,7-8,11,14-18H2,1H3. The first-order valence-corrected chi connectivity index (χ1v) is 11.5. The minimum Gasteiger partial charge on any atom is -0.455 e. The fourth-order valence-corrected chi connectivity index (χ4v) is 4.63. The summed E-state index contributed by atoms with van der Waals surface area (Å²) < 4.78 is 5.49. The molecule has 6 heteroatoms. The van der Waals surface area contributed by atoms with Gasteiger partial charge in [-0.2, -0.15) is 0 Å². The van der Waals surface area contributed by atoms with Crippen LogP contribution in [-0.4, -0.2) is 42.4 Å². The Balaban J connectivity index is 1.46. The molecule has 0 bridgehead atoms. The van der Waals surface area contributed by atoms with E-state index in [1.165, 1.54) is 0 Å². The highest BCUT2D eigenvalue weighted by Crippen LogP contribution is 2.36. The molecule has 0 N–H and O–H groups in total. The van der Waals surface area contributed by atoms with Crippen LogP contribution in [0.15, 0.2) is 48.5 Å². The lowest BCUT2D eigenvalue weighted by molar-refractivity contribution is -0.154. The van der Waals surface area contributed by atoms with E-state index in [9.17, 15) is 14.4 Å². The Labute approximate surface area is 189 Å². The molecule has 2 aromatic rings. The summed E-state index contributed by atoms with van der Waals surface area (Å²) >= 11 is 0. The van der Waals surface area contributed by atoms with Gasteiger partial charge in [-0.1, -0.05) is 43.3 Å². The number of carbonyl (C=O) groups is 3. The average molecular weight is 435 g/mol. The number of hydrogen-bond donors (Lipinski definition) is 0. The maximum absolute atomic E-state index is 13.3. The van der Waals surface area contributed by atoms with Crippen LogP contribution in [0.25, 0.3) is 0 Å². The molecular weight excluding hydrogens is 404 g/mol. The van der Waals surface area contributed by atoms with Crippen LogP contribution in [0.4, 0.5) is 11.4 Å². The van der Waals surface area contributed by atoms with Gasteiger partial charge in [-0.15, -0.1) is 0 Å². The number of likely N-dealkylation sites (tertiary alicyclic amines) is 1. The van der Waals surface area contributed by atoms with E-state index in [0.717, 1.165) is 48.2 Å². The minimum atomic E-state index is -0.399. The first kappa shape index (κ1) is 22.1. The number of benzene rings is 2. The molecule has 4 rings (SSSR count). The predicted octanol–water partition coefficient (Wildman–Crippen LogP) is 4.03. The molecule has 32 heavy (non-hydrogen) atoms. The molecule has 1 atom stereocenters. The van der Waals surface area contributed by atoms with Crippen molar-refractivity contribution < 1.29 is 19.1 Å². The van der Waals surface area contributed by atoms with Crippen LogP contribution in [0, 0.1) is 5.92 Å². The van der Waals surface area contributed by atoms with Crippen LogP contribution < -0.4 is 4.90 Å². The Hall–Kier alpha value is -3.15. The number of esters is 1. The summed E-state index contributed by atoms with van der Waals surface area (Å²) in [7, 11) is 0. The van der Waals surface area contributed by atoms with Crippen LogP contribution in [0.5, 0.6) is 0 Å². The van der Waals surface area contributed by atoms with Crippen LogP contribution in [0.2, 0.25) is 0 Å². The quantitative estimate of drug-likeness (QED) is 0.667. The molecule has 0 aliphatic carbocycles. The molecule has 2 aliphatic heterocycles. The molecule has 6 nitrogen and oxygen atoms in total. The van der Waals surface area contributed by atoms with Crippen LogP contribution in [0.1, 0.15) is 43.7 Å². The second-order valence-electron chi connectivity index (χ2n) is 8.52. The Morgan fingerprint density at radius 2 is 1.56 bits per heavy atom. The number of piperidine rings is 1. The third-order valence-electron chi connectivity index (χ3n) is 6.29. The van der Waals surface area contributed by atoms with Crippen LogP contribution in [-0.2, 0) is 32.0 Å². The SMILES string of the molecule is CCCC(=O)N1CCCC(C(=O)OCC(=O)N2c3ccccc3CCc3ccccc32)C1. The van der Waals surface area contributed by atoms with Crippen molar-refractivity contribution in [3.8, 4) is 0 Å². The lowest BCUT2D eigenvalue weighted by Crippen LogP contribution is -2.43. The third kappa shape index (κ3) is 4.69. The fraction of sp³-hybridized carbons (Fsp3) is 0.423. The topological polar surface area (TPSA) is 66.9 Å². The highest BCUT2D eigenvalue weighted by molar-refractivity contribution is 6.03.